The summed E-state index contributed by atoms with van der Waals surface area (Å²) in [5.41, 5.74) is 2.76. The third-order valence-electron chi connectivity index (χ3n) is 12.7. The molecule has 0 aromatic heterocycles. The number of hydrogen-bond acceptors (Lipinski definition) is 1. The normalized spacial score (nSPS) is 40.4. The molecule has 42 heavy (non-hydrogen) atoms. The van der Waals surface area contributed by atoms with Crippen molar-refractivity contribution >= 4 is 24.2 Å². The van der Waals surface area contributed by atoms with Gasteiger partial charge in [0.15, 0.2) is 0 Å². The van der Waals surface area contributed by atoms with Crippen LogP contribution < -0.4 is 5.30 Å². The zero-order valence-corrected chi connectivity index (χ0v) is 28.1. The Morgan fingerprint density at radius 1 is 0.690 bits per heavy atom. The van der Waals surface area contributed by atoms with Crippen molar-refractivity contribution in [3.63, 3.8) is 0 Å². The molecule has 0 aliphatic heterocycles. The summed E-state index contributed by atoms with van der Waals surface area (Å²) in [6.45, 7) is 6.39. The lowest BCUT2D eigenvalue weighted by Crippen LogP contribution is -2.58. The second-order valence-corrected chi connectivity index (χ2v) is 22.2. The largest absolute Gasteiger partial charge is 0.242 e. The fourth-order valence-electron chi connectivity index (χ4n) is 12.4. The van der Waals surface area contributed by atoms with Crippen LogP contribution in [0.5, 0.6) is 0 Å². The first-order valence-electron chi connectivity index (χ1n) is 17.2. The first-order valence-corrected chi connectivity index (χ1v) is 19.7. The first kappa shape index (κ1) is 28.5. The third kappa shape index (κ3) is 4.65. The van der Waals surface area contributed by atoms with Crippen molar-refractivity contribution in [2.45, 2.75) is 119 Å². The van der Waals surface area contributed by atoms with E-state index in [1.165, 1.54) is 88.2 Å². The van der Waals surface area contributed by atoms with E-state index in [-0.39, 0.29) is 18.7 Å². The van der Waals surface area contributed by atoms with Crippen LogP contribution in [0.3, 0.4) is 0 Å². The lowest BCUT2D eigenvalue weighted by atomic mass is 9.55. The molecule has 2 atom stereocenters. The summed E-state index contributed by atoms with van der Waals surface area (Å²) >= 11 is 0. The first-order chi connectivity index (χ1) is 20.1. The Labute approximate surface area is 259 Å². The van der Waals surface area contributed by atoms with Crippen molar-refractivity contribution in [3.8, 4) is 0 Å². The van der Waals surface area contributed by atoms with Crippen molar-refractivity contribution in [1.29, 1.82) is 0 Å². The summed E-state index contributed by atoms with van der Waals surface area (Å²) in [6.07, 6.45) is 18.1. The van der Waals surface area contributed by atoms with E-state index in [1.54, 1.807) is 5.30 Å². The predicted molar refractivity (Wildman–Crippen MR) is 179 cm³/mol. The van der Waals surface area contributed by atoms with Crippen LogP contribution in [0.4, 0.5) is 0 Å². The average molecular weight is 602 g/mol. The van der Waals surface area contributed by atoms with E-state index < -0.39 is 11.0 Å². The van der Waals surface area contributed by atoms with Crippen LogP contribution in [-0.4, -0.2) is 30.6 Å². The van der Waals surface area contributed by atoms with Gasteiger partial charge in [-0.25, -0.2) is 8.51 Å². The maximum absolute atomic E-state index is 14.1. The minimum atomic E-state index is -1.11. The second kappa shape index (κ2) is 10.3. The van der Waals surface area contributed by atoms with Gasteiger partial charge in [-0.3, -0.25) is 0 Å². The van der Waals surface area contributed by atoms with Gasteiger partial charge in [0.05, 0.1) is 10.8 Å². The molecule has 8 fully saturated rings. The van der Waals surface area contributed by atoms with Crippen LogP contribution in [0, 0.1) is 35.5 Å². The third-order valence-corrected chi connectivity index (χ3v) is 18.4. The summed E-state index contributed by atoms with van der Waals surface area (Å²) in [5, 5.41) is 2.76. The predicted octanol–water partition coefficient (Wildman–Crippen LogP) is 9.21. The van der Waals surface area contributed by atoms with E-state index in [0.717, 1.165) is 35.5 Å². The van der Waals surface area contributed by atoms with Gasteiger partial charge >= 0.3 is 0 Å². The Morgan fingerprint density at radius 3 is 1.52 bits per heavy atom. The lowest BCUT2D eigenvalue weighted by molar-refractivity contribution is 0.0195. The molecule has 4 heteroatoms. The summed E-state index contributed by atoms with van der Waals surface area (Å²) in [4.78, 5) is 0. The number of rotatable bonds is 7. The van der Waals surface area contributed by atoms with Gasteiger partial charge in [0.1, 0.15) is 11.0 Å². The number of hydrogen-bond donors (Lipinski definition) is 0. The van der Waals surface area contributed by atoms with Crippen LogP contribution in [-0.2, 0) is 11.0 Å². The molecule has 2 aromatic rings. The molecule has 2 nitrogen and oxygen atoms in total. The Hall–Kier alpha value is -1.02. The van der Waals surface area contributed by atoms with E-state index in [4.69, 9.17) is 0 Å². The molecule has 0 N–H and O–H groups in total. The number of nitrogens with zero attached hydrogens (tertiary/aromatic N) is 1. The molecule has 10 rings (SSSR count). The molecule has 0 radical (unpaired) electrons. The maximum Gasteiger partial charge on any atom is 0.100 e. The van der Waals surface area contributed by atoms with Crippen molar-refractivity contribution < 1.29 is 4.21 Å². The highest BCUT2D eigenvalue weighted by molar-refractivity contribution is 7.84. The van der Waals surface area contributed by atoms with Crippen molar-refractivity contribution in [3.05, 3.63) is 65.7 Å². The number of benzene rings is 2. The van der Waals surface area contributed by atoms with Gasteiger partial charge in [-0.05, 0) is 160 Å². The SMILES string of the molecule is CN([C@H](c1ccccc1)c1ccccc1P(C12CC3CC(CC(C3)C1)C2)C12CC3CC(CC(C3)C1)C2)S(=O)C(C)(C)C. The Kier molecular flexibility index (Phi) is 6.94. The molecular formula is C38H52NOPS. The Morgan fingerprint density at radius 2 is 1.10 bits per heavy atom. The molecule has 2 aromatic carbocycles. The van der Waals surface area contributed by atoms with E-state index in [0.29, 0.717) is 10.3 Å². The van der Waals surface area contributed by atoms with Crippen LogP contribution >= 0.6 is 7.92 Å². The molecule has 1 unspecified atom stereocenters. The van der Waals surface area contributed by atoms with Gasteiger partial charge in [0.2, 0.25) is 0 Å². The lowest BCUT2D eigenvalue weighted by Gasteiger charge is -2.67. The van der Waals surface area contributed by atoms with Gasteiger partial charge in [-0.1, -0.05) is 62.5 Å². The molecule has 0 amide bonds. The fraction of sp³-hybridized carbons (Fsp3) is 0.684. The summed E-state index contributed by atoms with van der Waals surface area (Å²) in [7, 11) is 0.673. The second-order valence-electron chi connectivity index (χ2n) is 16.9. The van der Waals surface area contributed by atoms with Crippen LogP contribution in [0.1, 0.15) is 115 Å². The van der Waals surface area contributed by atoms with Crippen LogP contribution in [0.2, 0.25) is 0 Å². The minimum absolute atomic E-state index is 0.00952. The van der Waals surface area contributed by atoms with Crippen molar-refractivity contribution in [1.82, 2.24) is 4.31 Å². The summed E-state index contributed by atoms with van der Waals surface area (Å²) < 4.78 is 16.0. The highest BCUT2D eigenvalue weighted by Gasteiger charge is 2.63. The van der Waals surface area contributed by atoms with E-state index in [1.807, 2.05) is 0 Å². The molecule has 226 valence electrons. The fourth-order valence-corrected chi connectivity index (χ4v) is 19.0. The zero-order valence-electron chi connectivity index (χ0n) is 26.4. The minimum Gasteiger partial charge on any atom is -0.242 e. The molecule has 8 aliphatic rings. The van der Waals surface area contributed by atoms with Gasteiger partial charge in [0, 0.05) is 7.05 Å². The molecule has 8 aliphatic carbocycles. The quantitative estimate of drug-likeness (QED) is 0.290. The van der Waals surface area contributed by atoms with Gasteiger partial charge in [0.25, 0.3) is 0 Å². The topological polar surface area (TPSA) is 20.3 Å². The highest BCUT2D eigenvalue weighted by atomic mass is 32.2. The Bertz CT molecular complexity index is 1230. The van der Waals surface area contributed by atoms with Crippen molar-refractivity contribution in [2.24, 2.45) is 35.5 Å². The maximum atomic E-state index is 14.1. The monoisotopic (exact) mass is 601 g/mol. The highest BCUT2D eigenvalue weighted by Crippen LogP contribution is 2.78. The van der Waals surface area contributed by atoms with E-state index in [9.17, 15) is 4.21 Å². The standard InChI is InChI=1S/C38H52NOPS/c1-36(2,3)42(40)39(4)35(32-10-6-5-7-11-32)33-12-8-9-13-34(33)41(37-20-26-14-27(21-37)16-28(15-26)22-37)38-23-29-17-30(24-38)19-31(18-29)25-38/h5-13,26-31,35H,14-25H2,1-4H3/t26?,27?,28?,29?,30?,31?,35-,37?,38?,41?,42?/m1/s1. The smallest absolute Gasteiger partial charge is 0.100 e. The zero-order chi connectivity index (χ0) is 28.9. The molecule has 0 heterocycles. The Balaban J connectivity index is 1.32. The van der Waals surface area contributed by atoms with E-state index >= 15 is 0 Å². The average Bonchev–Trinajstić information content (AvgIpc) is 2.92. The summed E-state index contributed by atoms with van der Waals surface area (Å²) in [6, 6.07) is 20.8. The molecule has 0 saturated heterocycles. The molecule has 8 bridgehead atoms. The molecule has 8 saturated carbocycles. The van der Waals surface area contributed by atoms with Crippen LogP contribution in [0.25, 0.3) is 0 Å². The summed E-state index contributed by atoms with van der Waals surface area (Å²) in [5.74, 6) is 5.85. The van der Waals surface area contributed by atoms with Gasteiger partial charge in [-0.15, -0.1) is 0 Å². The van der Waals surface area contributed by atoms with Gasteiger partial charge < -0.3 is 0 Å². The van der Waals surface area contributed by atoms with Crippen molar-refractivity contribution in [2.75, 3.05) is 7.05 Å². The van der Waals surface area contributed by atoms with Crippen LogP contribution in [0.15, 0.2) is 54.6 Å². The molecular weight excluding hydrogens is 549 g/mol. The molecule has 0 spiro atoms. The van der Waals surface area contributed by atoms with Gasteiger partial charge in [-0.2, -0.15) is 0 Å². The van der Waals surface area contributed by atoms with E-state index in [2.05, 4.69) is 86.7 Å².